The summed E-state index contributed by atoms with van der Waals surface area (Å²) in [7, 11) is -3.80. The van der Waals surface area contributed by atoms with Crippen LogP contribution in [0.25, 0.3) is 21.1 Å². The number of carbonyl (C=O) groups is 1. The highest BCUT2D eigenvalue weighted by molar-refractivity contribution is 8.00. The smallest absolute Gasteiger partial charge is 0.239 e. The van der Waals surface area contributed by atoms with Crippen LogP contribution in [0.2, 0.25) is 0 Å². The van der Waals surface area contributed by atoms with Crippen molar-refractivity contribution in [2.75, 3.05) is 5.32 Å². The molecule has 2 aromatic carbocycles. The number of sulfonamides is 1. The standard InChI is InChI=1S/C22H22N4O3S3/c1-11-7-13(3)20-16(8-11)12(2)9-19(25-20)30-14(4)21(27)26-22-24-17-6-5-15(32(23,28)29)10-18(17)31-22/h5-10,14H,1-4H3,(H2,23,28,29)(H,24,26,27). The Balaban J connectivity index is 1.53. The first-order valence-corrected chi connectivity index (χ1v) is 13.0. The van der Waals surface area contributed by atoms with Crippen LogP contribution in [0.3, 0.4) is 0 Å². The number of pyridine rings is 1. The van der Waals surface area contributed by atoms with E-state index in [1.54, 1.807) is 6.07 Å². The number of benzene rings is 2. The van der Waals surface area contributed by atoms with Gasteiger partial charge in [-0.05, 0) is 69.2 Å². The van der Waals surface area contributed by atoms with Crippen LogP contribution in [-0.4, -0.2) is 29.5 Å². The second kappa shape index (κ2) is 8.43. The lowest BCUT2D eigenvalue weighted by Crippen LogP contribution is -2.22. The van der Waals surface area contributed by atoms with E-state index in [1.807, 2.05) is 19.9 Å². The molecule has 2 heterocycles. The van der Waals surface area contributed by atoms with Crippen molar-refractivity contribution in [2.24, 2.45) is 5.14 Å². The molecule has 3 N–H and O–H groups in total. The number of hydrogen-bond donors (Lipinski definition) is 2. The monoisotopic (exact) mass is 486 g/mol. The van der Waals surface area contributed by atoms with Crippen molar-refractivity contribution in [2.45, 2.75) is 42.9 Å². The molecule has 32 heavy (non-hydrogen) atoms. The lowest BCUT2D eigenvalue weighted by Gasteiger charge is -2.13. The highest BCUT2D eigenvalue weighted by Crippen LogP contribution is 2.31. The Morgan fingerprint density at radius 2 is 1.84 bits per heavy atom. The maximum Gasteiger partial charge on any atom is 0.239 e. The average Bonchev–Trinajstić information content (AvgIpc) is 3.09. The molecule has 7 nitrogen and oxygen atoms in total. The topological polar surface area (TPSA) is 115 Å². The van der Waals surface area contributed by atoms with Gasteiger partial charge in [0.15, 0.2) is 5.13 Å². The molecular weight excluding hydrogens is 464 g/mol. The zero-order chi connectivity index (χ0) is 23.2. The van der Waals surface area contributed by atoms with Gasteiger partial charge in [0.25, 0.3) is 0 Å². The van der Waals surface area contributed by atoms with Crippen molar-refractivity contribution in [3.05, 3.63) is 53.1 Å². The van der Waals surface area contributed by atoms with Gasteiger partial charge in [0, 0.05) is 5.39 Å². The number of primary sulfonamides is 1. The molecule has 0 spiro atoms. The molecule has 4 aromatic rings. The summed E-state index contributed by atoms with van der Waals surface area (Å²) in [5.74, 6) is -0.207. The summed E-state index contributed by atoms with van der Waals surface area (Å²) in [4.78, 5) is 21.9. The Kier molecular flexibility index (Phi) is 5.97. The van der Waals surface area contributed by atoms with Gasteiger partial charge < -0.3 is 5.32 Å². The number of carbonyl (C=O) groups excluding carboxylic acids is 1. The maximum absolute atomic E-state index is 12.8. The number of nitrogens with one attached hydrogen (secondary N) is 1. The second-order valence-corrected chi connectivity index (χ2v) is 11.7. The average molecular weight is 487 g/mol. The van der Waals surface area contributed by atoms with E-state index in [9.17, 15) is 13.2 Å². The van der Waals surface area contributed by atoms with E-state index in [1.165, 1.54) is 40.8 Å². The van der Waals surface area contributed by atoms with E-state index in [0.29, 0.717) is 15.3 Å². The minimum atomic E-state index is -3.80. The molecule has 10 heteroatoms. The Bertz CT molecular complexity index is 1480. The van der Waals surface area contributed by atoms with Crippen molar-refractivity contribution >= 4 is 65.3 Å². The minimum Gasteiger partial charge on any atom is -0.301 e. The number of aryl methyl sites for hydroxylation is 3. The molecule has 0 saturated carbocycles. The van der Waals surface area contributed by atoms with Gasteiger partial charge in [0.05, 0.1) is 30.9 Å². The van der Waals surface area contributed by atoms with Crippen molar-refractivity contribution in [1.82, 2.24) is 9.97 Å². The van der Waals surface area contributed by atoms with Crippen LogP contribution in [0.1, 0.15) is 23.6 Å². The van der Waals surface area contributed by atoms with Gasteiger partial charge >= 0.3 is 0 Å². The molecule has 0 aliphatic carbocycles. The van der Waals surface area contributed by atoms with Gasteiger partial charge in [-0.25, -0.2) is 23.5 Å². The number of thiazole rings is 1. The zero-order valence-electron chi connectivity index (χ0n) is 18.0. The van der Waals surface area contributed by atoms with Gasteiger partial charge in [-0.2, -0.15) is 0 Å². The quantitative estimate of drug-likeness (QED) is 0.400. The highest BCUT2D eigenvalue weighted by atomic mass is 32.2. The number of thioether (sulfide) groups is 1. The number of hydrogen-bond acceptors (Lipinski definition) is 7. The number of fused-ring (bicyclic) bond motifs is 2. The summed E-state index contributed by atoms with van der Waals surface area (Å²) >= 11 is 2.58. The third-order valence-electron chi connectivity index (χ3n) is 5.02. The third kappa shape index (κ3) is 4.63. The van der Waals surface area contributed by atoms with Crippen LogP contribution < -0.4 is 10.5 Å². The minimum absolute atomic E-state index is 0.0127. The van der Waals surface area contributed by atoms with Gasteiger partial charge in [-0.15, -0.1) is 0 Å². The van der Waals surface area contributed by atoms with E-state index < -0.39 is 15.3 Å². The van der Waals surface area contributed by atoms with E-state index in [4.69, 9.17) is 10.1 Å². The molecule has 0 saturated heterocycles. The Morgan fingerprint density at radius 1 is 1.09 bits per heavy atom. The van der Waals surface area contributed by atoms with Crippen LogP contribution in [0.15, 0.2) is 46.3 Å². The zero-order valence-corrected chi connectivity index (χ0v) is 20.4. The third-order valence-corrected chi connectivity index (χ3v) is 7.88. The van der Waals surface area contributed by atoms with Crippen LogP contribution >= 0.6 is 23.1 Å². The number of nitrogens with zero attached hydrogens (tertiary/aromatic N) is 2. The van der Waals surface area contributed by atoms with Gasteiger partial charge in [0.1, 0.15) is 0 Å². The summed E-state index contributed by atoms with van der Waals surface area (Å²) in [5.41, 5.74) is 4.96. The van der Waals surface area contributed by atoms with Crippen molar-refractivity contribution in [3.63, 3.8) is 0 Å². The Morgan fingerprint density at radius 3 is 2.56 bits per heavy atom. The normalized spacial score (nSPS) is 12.9. The molecule has 1 amide bonds. The molecule has 4 rings (SSSR count). The fourth-order valence-corrected chi connectivity index (χ4v) is 5.89. The van der Waals surface area contributed by atoms with Crippen LogP contribution in [0.4, 0.5) is 5.13 Å². The van der Waals surface area contributed by atoms with Gasteiger partial charge in [-0.3, -0.25) is 4.79 Å². The SMILES string of the molecule is Cc1cc(C)c2nc(SC(C)C(=O)Nc3nc4ccc(S(N)(=O)=O)cc4s3)cc(C)c2c1. The number of anilines is 1. The summed E-state index contributed by atoms with van der Waals surface area (Å²) in [6.07, 6.45) is 0. The molecular formula is C22H22N4O3S3. The first kappa shape index (κ1) is 22.7. The second-order valence-electron chi connectivity index (χ2n) is 7.70. The lowest BCUT2D eigenvalue weighted by atomic mass is 10.0. The first-order chi connectivity index (χ1) is 15.0. The molecule has 1 unspecified atom stereocenters. The fourth-order valence-electron chi connectivity index (χ4n) is 3.45. The predicted molar refractivity (Wildman–Crippen MR) is 131 cm³/mol. The number of nitrogens with two attached hydrogens (primary N) is 1. The molecule has 0 radical (unpaired) electrons. The van der Waals surface area contributed by atoms with Gasteiger partial charge in [-0.1, -0.05) is 34.7 Å². The largest absolute Gasteiger partial charge is 0.301 e. The van der Waals surface area contributed by atoms with Gasteiger partial charge in [0.2, 0.25) is 15.9 Å². The molecule has 0 fully saturated rings. The lowest BCUT2D eigenvalue weighted by molar-refractivity contribution is -0.115. The predicted octanol–water partition coefficient (Wildman–Crippen LogP) is 4.54. The molecule has 0 aliphatic heterocycles. The van der Waals surface area contributed by atoms with Crippen LogP contribution in [0.5, 0.6) is 0 Å². The molecule has 166 valence electrons. The van der Waals surface area contributed by atoms with Crippen molar-refractivity contribution in [3.8, 4) is 0 Å². The van der Waals surface area contributed by atoms with Crippen LogP contribution in [-0.2, 0) is 14.8 Å². The van der Waals surface area contributed by atoms with E-state index in [0.717, 1.165) is 27.1 Å². The maximum atomic E-state index is 12.8. The van der Waals surface area contributed by atoms with Crippen LogP contribution in [0, 0.1) is 20.8 Å². The molecule has 1 atom stereocenters. The summed E-state index contributed by atoms with van der Waals surface area (Å²) in [5, 5.41) is 9.91. The summed E-state index contributed by atoms with van der Waals surface area (Å²) in [6, 6.07) is 10.7. The molecule has 2 aromatic heterocycles. The Hall–Kier alpha value is -2.53. The summed E-state index contributed by atoms with van der Waals surface area (Å²) in [6.45, 7) is 7.98. The molecule has 0 bridgehead atoms. The van der Waals surface area contributed by atoms with E-state index in [2.05, 4.69) is 36.3 Å². The van der Waals surface area contributed by atoms with E-state index >= 15 is 0 Å². The fraction of sp³-hybridized carbons (Fsp3) is 0.227. The molecule has 0 aliphatic rings. The van der Waals surface area contributed by atoms with Crippen molar-refractivity contribution < 1.29 is 13.2 Å². The Labute approximate surface area is 194 Å². The highest BCUT2D eigenvalue weighted by Gasteiger charge is 2.19. The number of aromatic nitrogens is 2. The first-order valence-electron chi connectivity index (χ1n) is 9.81. The number of rotatable bonds is 5. The summed E-state index contributed by atoms with van der Waals surface area (Å²) < 4.78 is 23.7. The number of amides is 1. The van der Waals surface area contributed by atoms with E-state index in [-0.39, 0.29) is 10.8 Å². The van der Waals surface area contributed by atoms with Crippen molar-refractivity contribution in [1.29, 1.82) is 0 Å².